The van der Waals surface area contributed by atoms with E-state index in [9.17, 15) is 13.6 Å². The molecule has 0 unspecified atom stereocenters. The van der Waals surface area contributed by atoms with Crippen molar-refractivity contribution in [3.05, 3.63) is 105 Å². The molecule has 13 heteroatoms. The van der Waals surface area contributed by atoms with Crippen LogP contribution < -0.4 is 15.4 Å². The molecular formula is C37H37Cl2F2N5O4. The topological polar surface area (TPSA) is 102 Å². The Labute approximate surface area is 298 Å². The van der Waals surface area contributed by atoms with E-state index in [0.717, 1.165) is 72.3 Å². The second-order valence-corrected chi connectivity index (χ2v) is 13.7. The van der Waals surface area contributed by atoms with Crippen molar-refractivity contribution in [2.75, 3.05) is 26.8 Å². The first-order valence-electron chi connectivity index (χ1n) is 16.7. The maximum absolute atomic E-state index is 14.6. The number of nitrogens with one attached hydrogen (secondary N) is 2. The van der Waals surface area contributed by atoms with Gasteiger partial charge >= 0.3 is 0 Å². The predicted molar refractivity (Wildman–Crippen MR) is 186 cm³/mol. The molecule has 2 atom stereocenters. The number of benzene rings is 2. The van der Waals surface area contributed by atoms with Crippen molar-refractivity contribution in [3.63, 3.8) is 0 Å². The zero-order chi connectivity index (χ0) is 34.8. The van der Waals surface area contributed by atoms with Crippen LogP contribution in [0.1, 0.15) is 48.3 Å². The van der Waals surface area contributed by atoms with Gasteiger partial charge in [-0.15, -0.1) is 0 Å². The van der Waals surface area contributed by atoms with E-state index in [0.29, 0.717) is 42.6 Å². The third-order valence-electron chi connectivity index (χ3n) is 9.34. The van der Waals surface area contributed by atoms with Crippen molar-refractivity contribution in [2.24, 2.45) is 0 Å². The summed E-state index contributed by atoms with van der Waals surface area (Å²) in [5.41, 5.74) is 4.48. The van der Waals surface area contributed by atoms with Crippen LogP contribution in [-0.4, -0.2) is 65.9 Å². The molecule has 0 spiro atoms. The molecule has 7 rings (SSSR count). The molecule has 2 bridgehead atoms. The monoisotopic (exact) mass is 723 g/mol. The van der Waals surface area contributed by atoms with E-state index in [1.165, 1.54) is 6.07 Å². The minimum Gasteiger partial charge on any atom is -0.486 e. The molecule has 1 amide bonds. The van der Waals surface area contributed by atoms with Crippen LogP contribution in [0.15, 0.2) is 64.8 Å². The zero-order valence-electron chi connectivity index (χ0n) is 27.5. The van der Waals surface area contributed by atoms with Gasteiger partial charge < -0.3 is 29.5 Å². The van der Waals surface area contributed by atoms with Crippen LogP contribution in [0.5, 0.6) is 5.75 Å². The van der Waals surface area contributed by atoms with Crippen molar-refractivity contribution >= 4 is 34.7 Å². The lowest BCUT2D eigenvalue weighted by atomic mass is 9.83. The van der Waals surface area contributed by atoms with Crippen molar-refractivity contribution in [3.8, 4) is 17.0 Å². The fourth-order valence-electron chi connectivity index (χ4n) is 6.68. The van der Waals surface area contributed by atoms with Crippen molar-refractivity contribution < 1.29 is 27.6 Å². The van der Waals surface area contributed by atoms with E-state index >= 15 is 0 Å². The number of fused-ring (bicyclic) bond motifs is 2. The van der Waals surface area contributed by atoms with Crippen molar-refractivity contribution in [1.29, 1.82) is 0 Å². The van der Waals surface area contributed by atoms with Gasteiger partial charge in [-0.25, -0.2) is 8.78 Å². The van der Waals surface area contributed by atoms with Gasteiger partial charge in [-0.1, -0.05) is 40.5 Å². The van der Waals surface area contributed by atoms with Crippen LogP contribution in [0.25, 0.3) is 16.8 Å². The fourth-order valence-corrected chi connectivity index (χ4v) is 7.10. The summed E-state index contributed by atoms with van der Waals surface area (Å²) >= 11 is 12.6. The molecule has 2 aromatic carbocycles. The highest BCUT2D eigenvalue weighted by atomic mass is 35.5. The second kappa shape index (κ2) is 15.2. The number of methoxy groups -OCH3 is 1. The van der Waals surface area contributed by atoms with Gasteiger partial charge in [-0.2, -0.15) is 0 Å². The Morgan fingerprint density at radius 3 is 2.66 bits per heavy atom. The maximum atomic E-state index is 14.6. The zero-order valence-corrected chi connectivity index (χ0v) is 29.0. The molecule has 1 aliphatic carbocycles. The molecule has 2 aromatic heterocycles. The van der Waals surface area contributed by atoms with Gasteiger partial charge in [0, 0.05) is 69.0 Å². The normalized spacial score (nSPS) is 18.7. The van der Waals surface area contributed by atoms with Gasteiger partial charge in [-0.3, -0.25) is 9.78 Å². The van der Waals surface area contributed by atoms with E-state index < -0.39 is 11.6 Å². The summed E-state index contributed by atoms with van der Waals surface area (Å²) in [4.78, 5) is 21.1. The quantitative estimate of drug-likeness (QED) is 0.115. The number of rotatable bonds is 13. The molecule has 3 aliphatic rings. The standard InChI is InChI=1S/C37H37Cl2F2N5O4/c1-48-12-2-3-23-13-22(29(38)17-43-23)19-46(25-6-7-25)37(47)34-28(14-24-16-42-18-33(34)44-24)21-4-8-26(9-5-21)49-20-27-15-32(45-50-27)35-30(40)10-11-31(41)36(35)39/h4-5,8-11,13,15,17,24-25,33,42,44H,2-3,6-7,12,14,16,18-20H2,1H3/t24-,33-/m1/s1. The summed E-state index contributed by atoms with van der Waals surface area (Å²) in [5.74, 6) is -0.554. The number of hydrogen-bond acceptors (Lipinski definition) is 8. The van der Waals surface area contributed by atoms with E-state index in [1.807, 2.05) is 35.2 Å². The Hall–Kier alpha value is -3.87. The van der Waals surface area contributed by atoms with Crippen molar-refractivity contribution in [2.45, 2.75) is 63.4 Å². The highest BCUT2D eigenvalue weighted by Crippen LogP contribution is 2.38. The van der Waals surface area contributed by atoms with E-state index in [-0.39, 0.29) is 46.9 Å². The molecular weight excluding hydrogens is 687 g/mol. The number of aromatic nitrogens is 2. The Morgan fingerprint density at radius 2 is 1.88 bits per heavy atom. The Kier molecular flexibility index (Phi) is 10.5. The molecule has 1 saturated heterocycles. The molecule has 0 radical (unpaired) electrons. The first-order valence-corrected chi connectivity index (χ1v) is 17.5. The predicted octanol–water partition coefficient (Wildman–Crippen LogP) is 6.76. The first kappa shape index (κ1) is 34.6. The number of carbonyl (C=O) groups is 1. The Bertz CT molecular complexity index is 1900. The Morgan fingerprint density at radius 1 is 1.08 bits per heavy atom. The van der Waals surface area contributed by atoms with Crippen molar-refractivity contribution in [1.82, 2.24) is 25.7 Å². The molecule has 9 nitrogen and oxygen atoms in total. The smallest absolute Gasteiger partial charge is 0.252 e. The van der Waals surface area contributed by atoms with Gasteiger partial charge in [-0.05, 0) is 79.1 Å². The average molecular weight is 725 g/mol. The summed E-state index contributed by atoms with van der Waals surface area (Å²) in [7, 11) is 1.69. The summed E-state index contributed by atoms with van der Waals surface area (Å²) in [6.07, 6.45) is 5.92. The van der Waals surface area contributed by atoms with E-state index in [4.69, 9.17) is 37.2 Å². The molecule has 4 aromatic rings. The molecule has 2 N–H and O–H groups in total. The summed E-state index contributed by atoms with van der Waals surface area (Å²) < 4.78 is 44.8. The number of halogens is 4. The Balaban J connectivity index is 1.10. The van der Waals surface area contributed by atoms with Crippen LogP contribution in [0, 0.1) is 11.6 Å². The minimum absolute atomic E-state index is 0.00901. The second-order valence-electron chi connectivity index (χ2n) is 12.9. The minimum atomic E-state index is -0.751. The van der Waals surface area contributed by atoms with Gasteiger partial charge in [0.2, 0.25) is 0 Å². The highest BCUT2D eigenvalue weighted by molar-refractivity contribution is 6.33. The van der Waals surface area contributed by atoms with Crippen LogP contribution in [0.2, 0.25) is 10.0 Å². The number of nitrogens with zero attached hydrogens (tertiary/aromatic N) is 3. The van der Waals surface area contributed by atoms with E-state index in [2.05, 4.69) is 20.8 Å². The summed E-state index contributed by atoms with van der Waals surface area (Å²) in [6.45, 7) is 2.55. The van der Waals surface area contributed by atoms with Gasteiger partial charge in [0.05, 0.1) is 21.7 Å². The molecule has 262 valence electrons. The van der Waals surface area contributed by atoms with Gasteiger partial charge in [0.15, 0.2) is 5.76 Å². The number of hydrogen-bond donors (Lipinski definition) is 2. The van der Waals surface area contributed by atoms with Gasteiger partial charge in [0.25, 0.3) is 5.91 Å². The largest absolute Gasteiger partial charge is 0.486 e. The lowest BCUT2D eigenvalue weighted by Gasteiger charge is -2.41. The molecule has 2 aliphatic heterocycles. The first-order chi connectivity index (χ1) is 24.3. The molecule has 2 fully saturated rings. The van der Waals surface area contributed by atoms with Crippen LogP contribution in [0.3, 0.4) is 0 Å². The number of aryl methyl sites for hydroxylation is 1. The molecule has 1 saturated carbocycles. The molecule has 4 heterocycles. The lowest BCUT2D eigenvalue weighted by molar-refractivity contribution is -0.128. The highest BCUT2D eigenvalue weighted by Gasteiger charge is 2.41. The molecule has 50 heavy (non-hydrogen) atoms. The number of carbonyl (C=O) groups excluding carboxylic acids is 1. The number of amides is 1. The average Bonchev–Trinajstić information content (AvgIpc) is 3.86. The third kappa shape index (κ3) is 7.57. The number of pyridine rings is 1. The van der Waals surface area contributed by atoms with Crippen LogP contribution in [0.4, 0.5) is 8.78 Å². The number of piperazine rings is 1. The van der Waals surface area contributed by atoms with Gasteiger partial charge in [0.1, 0.15) is 29.7 Å². The summed E-state index contributed by atoms with van der Waals surface area (Å²) in [5, 5.41) is 11.2. The van der Waals surface area contributed by atoms with E-state index in [1.54, 1.807) is 13.3 Å². The maximum Gasteiger partial charge on any atom is 0.252 e. The SMILES string of the molecule is COCCCc1cc(CN(C(=O)C2=C(c3ccc(OCc4cc(-c5c(F)ccc(F)c5Cl)no4)cc3)C[C@@H]3CNC[C@H]2N3)C2CC2)c(Cl)cn1. The van der Waals surface area contributed by atoms with Crippen LogP contribution >= 0.6 is 23.2 Å². The number of ether oxygens (including phenoxy) is 2. The summed E-state index contributed by atoms with van der Waals surface area (Å²) in [6, 6.07) is 13.3. The third-order valence-corrected chi connectivity index (χ3v) is 10.0. The van der Waals surface area contributed by atoms with Crippen LogP contribution in [-0.2, 0) is 29.1 Å². The lowest BCUT2D eigenvalue weighted by Crippen LogP contribution is -2.60. The fraction of sp³-hybridized carbons (Fsp3) is 0.378.